The van der Waals surface area contributed by atoms with Crippen molar-refractivity contribution in [2.75, 3.05) is 12.3 Å². The van der Waals surface area contributed by atoms with Crippen molar-refractivity contribution in [3.05, 3.63) is 52.8 Å². The molecule has 1 amide bonds. The van der Waals surface area contributed by atoms with Crippen LogP contribution in [0.3, 0.4) is 0 Å². The minimum Gasteiger partial charge on any atom is -0.399 e. The number of hydrogen-bond donors (Lipinski definition) is 1. The van der Waals surface area contributed by atoms with Crippen molar-refractivity contribution in [1.29, 1.82) is 0 Å². The number of aromatic nitrogens is 2. The predicted octanol–water partition coefficient (Wildman–Crippen LogP) is 2.34. The first-order valence-electron chi connectivity index (χ1n) is 6.96. The van der Waals surface area contributed by atoms with Crippen molar-refractivity contribution in [1.82, 2.24) is 15.1 Å². The van der Waals surface area contributed by atoms with Crippen molar-refractivity contribution in [3.8, 4) is 0 Å². The lowest BCUT2D eigenvalue weighted by Crippen LogP contribution is -2.31. The number of aryl methyl sites for hydroxylation is 2. The van der Waals surface area contributed by atoms with E-state index in [0.29, 0.717) is 30.0 Å². The van der Waals surface area contributed by atoms with Crippen LogP contribution in [0.15, 0.2) is 30.3 Å². The molecule has 0 fully saturated rings. The van der Waals surface area contributed by atoms with E-state index in [4.69, 9.17) is 5.73 Å². The molecular formula is C16H20N4O. The number of carbonyl (C=O) groups excluding carboxylic acids is 1. The Bertz CT molecular complexity index is 654. The number of rotatable bonds is 4. The average Bonchev–Trinajstić information content (AvgIpc) is 2.46. The Labute approximate surface area is 124 Å². The van der Waals surface area contributed by atoms with Crippen molar-refractivity contribution in [2.24, 2.45) is 0 Å². The Morgan fingerprint density at radius 2 is 2.00 bits per heavy atom. The molecule has 0 aliphatic heterocycles. The molecule has 0 saturated heterocycles. The second kappa shape index (κ2) is 6.35. The minimum atomic E-state index is -0.0320. The molecule has 0 unspecified atom stereocenters. The minimum absolute atomic E-state index is 0.0320. The number of anilines is 1. The van der Waals surface area contributed by atoms with Gasteiger partial charge in [-0.1, -0.05) is 12.1 Å². The summed E-state index contributed by atoms with van der Waals surface area (Å²) >= 11 is 0. The van der Waals surface area contributed by atoms with Crippen molar-refractivity contribution in [3.63, 3.8) is 0 Å². The van der Waals surface area contributed by atoms with Crippen LogP contribution >= 0.6 is 0 Å². The molecule has 1 aromatic heterocycles. The molecule has 0 saturated carbocycles. The largest absolute Gasteiger partial charge is 0.399 e. The number of carbonyl (C=O) groups is 1. The molecule has 0 bridgehead atoms. The summed E-state index contributed by atoms with van der Waals surface area (Å²) in [5.41, 5.74) is 9.50. The van der Waals surface area contributed by atoms with Crippen LogP contribution in [0.4, 0.5) is 5.69 Å². The van der Waals surface area contributed by atoms with Gasteiger partial charge in [-0.25, -0.2) is 0 Å². The summed E-state index contributed by atoms with van der Waals surface area (Å²) < 4.78 is 0. The molecule has 0 spiro atoms. The highest BCUT2D eigenvalue weighted by molar-refractivity contribution is 5.95. The fourth-order valence-corrected chi connectivity index (χ4v) is 2.18. The van der Waals surface area contributed by atoms with Gasteiger partial charge >= 0.3 is 0 Å². The highest BCUT2D eigenvalue weighted by atomic mass is 16.2. The monoisotopic (exact) mass is 284 g/mol. The van der Waals surface area contributed by atoms with Crippen LogP contribution in [0.5, 0.6) is 0 Å². The molecular weight excluding hydrogens is 264 g/mol. The molecule has 2 aromatic rings. The van der Waals surface area contributed by atoms with Crippen LogP contribution in [-0.2, 0) is 6.54 Å². The topological polar surface area (TPSA) is 72.1 Å². The Kier molecular flexibility index (Phi) is 4.52. The first-order chi connectivity index (χ1) is 10.0. The molecule has 110 valence electrons. The summed E-state index contributed by atoms with van der Waals surface area (Å²) in [7, 11) is 0. The van der Waals surface area contributed by atoms with Gasteiger partial charge in [0.05, 0.1) is 17.0 Å². The summed E-state index contributed by atoms with van der Waals surface area (Å²) in [6, 6.07) is 9.37. The number of nitrogens with two attached hydrogens (primary N) is 1. The van der Waals surface area contributed by atoms with Crippen LogP contribution in [0.2, 0.25) is 0 Å². The van der Waals surface area contributed by atoms with E-state index in [9.17, 15) is 4.79 Å². The van der Waals surface area contributed by atoms with E-state index in [2.05, 4.69) is 10.2 Å². The number of nitrogens with zero attached hydrogens (tertiary/aromatic N) is 3. The van der Waals surface area contributed by atoms with Crippen LogP contribution in [0, 0.1) is 13.8 Å². The van der Waals surface area contributed by atoms with E-state index in [1.807, 2.05) is 38.1 Å². The van der Waals surface area contributed by atoms with Crippen molar-refractivity contribution < 1.29 is 4.79 Å². The predicted molar refractivity (Wildman–Crippen MR) is 82.8 cm³/mol. The van der Waals surface area contributed by atoms with Gasteiger partial charge in [0.25, 0.3) is 5.91 Å². The maximum absolute atomic E-state index is 12.7. The van der Waals surface area contributed by atoms with Gasteiger partial charge in [0, 0.05) is 18.8 Å². The first-order valence-corrected chi connectivity index (χ1v) is 6.96. The molecule has 1 aromatic carbocycles. The zero-order valence-corrected chi connectivity index (χ0v) is 12.6. The van der Waals surface area contributed by atoms with E-state index in [1.54, 1.807) is 17.9 Å². The van der Waals surface area contributed by atoms with Gasteiger partial charge in [0.2, 0.25) is 0 Å². The number of benzene rings is 1. The molecule has 0 radical (unpaired) electrons. The lowest BCUT2D eigenvalue weighted by Gasteiger charge is -2.22. The molecule has 2 rings (SSSR count). The average molecular weight is 284 g/mol. The summed E-state index contributed by atoms with van der Waals surface area (Å²) in [5, 5.41) is 7.99. The van der Waals surface area contributed by atoms with Crippen LogP contribution < -0.4 is 5.73 Å². The summed E-state index contributed by atoms with van der Waals surface area (Å²) in [6.45, 7) is 6.74. The highest BCUT2D eigenvalue weighted by Gasteiger charge is 2.18. The molecule has 0 atom stereocenters. The van der Waals surface area contributed by atoms with E-state index in [-0.39, 0.29) is 5.91 Å². The van der Waals surface area contributed by atoms with Crippen LogP contribution in [0.1, 0.15) is 34.2 Å². The molecule has 2 N–H and O–H groups in total. The van der Waals surface area contributed by atoms with Crippen LogP contribution in [-0.4, -0.2) is 27.5 Å². The maximum Gasteiger partial charge on any atom is 0.256 e. The quantitative estimate of drug-likeness (QED) is 0.875. The SMILES string of the molecule is CCN(Cc1cccc(N)c1)C(=O)c1cc(C)nnc1C. The third-order valence-corrected chi connectivity index (χ3v) is 3.32. The Balaban J connectivity index is 2.24. The van der Waals surface area contributed by atoms with E-state index < -0.39 is 0 Å². The smallest absolute Gasteiger partial charge is 0.256 e. The zero-order chi connectivity index (χ0) is 15.4. The van der Waals surface area contributed by atoms with Crippen LogP contribution in [0.25, 0.3) is 0 Å². The third-order valence-electron chi connectivity index (χ3n) is 3.32. The van der Waals surface area contributed by atoms with E-state index >= 15 is 0 Å². The van der Waals surface area contributed by atoms with Gasteiger partial charge in [0.1, 0.15) is 0 Å². The summed E-state index contributed by atoms with van der Waals surface area (Å²) in [6.07, 6.45) is 0. The summed E-state index contributed by atoms with van der Waals surface area (Å²) in [4.78, 5) is 14.4. The number of nitrogen functional groups attached to an aromatic ring is 1. The Hall–Kier alpha value is -2.43. The molecule has 0 aliphatic rings. The molecule has 5 nitrogen and oxygen atoms in total. The van der Waals surface area contributed by atoms with Gasteiger partial charge in [0.15, 0.2) is 0 Å². The zero-order valence-electron chi connectivity index (χ0n) is 12.6. The maximum atomic E-state index is 12.7. The first kappa shape index (κ1) is 15.0. The lowest BCUT2D eigenvalue weighted by atomic mass is 10.1. The van der Waals surface area contributed by atoms with Crippen molar-refractivity contribution in [2.45, 2.75) is 27.3 Å². The second-order valence-corrected chi connectivity index (χ2v) is 5.05. The van der Waals surface area contributed by atoms with Gasteiger partial charge in [-0.3, -0.25) is 4.79 Å². The highest BCUT2D eigenvalue weighted by Crippen LogP contribution is 2.14. The molecule has 1 heterocycles. The van der Waals surface area contributed by atoms with Crippen molar-refractivity contribution >= 4 is 11.6 Å². The lowest BCUT2D eigenvalue weighted by molar-refractivity contribution is 0.0751. The normalized spacial score (nSPS) is 10.4. The Morgan fingerprint density at radius 1 is 1.24 bits per heavy atom. The standard InChI is InChI=1S/C16H20N4O/c1-4-20(10-13-6-5-7-14(17)9-13)16(21)15-8-11(2)18-19-12(15)3/h5-9H,4,10,17H2,1-3H3. The van der Waals surface area contributed by atoms with Gasteiger partial charge in [-0.05, 0) is 44.5 Å². The fraction of sp³-hybridized carbons (Fsp3) is 0.312. The van der Waals surface area contributed by atoms with E-state index in [1.165, 1.54) is 0 Å². The molecule has 5 heteroatoms. The number of hydrogen-bond acceptors (Lipinski definition) is 4. The number of amides is 1. The second-order valence-electron chi connectivity index (χ2n) is 5.05. The Morgan fingerprint density at radius 3 is 2.67 bits per heavy atom. The van der Waals surface area contributed by atoms with E-state index in [0.717, 1.165) is 11.3 Å². The fourth-order valence-electron chi connectivity index (χ4n) is 2.18. The van der Waals surface area contributed by atoms with Gasteiger partial charge in [-0.2, -0.15) is 10.2 Å². The third kappa shape index (κ3) is 3.56. The van der Waals surface area contributed by atoms with Gasteiger partial charge in [-0.15, -0.1) is 0 Å². The summed E-state index contributed by atoms with van der Waals surface area (Å²) in [5.74, 6) is -0.0320. The molecule has 0 aliphatic carbocycles. The molecule has 21 heavy (non-hydrogen) atoms. The van der Waals surface area contributed by atoms with Gasteiger partial charge < -0.3 is 10.6 Å².